The first-order chi connectivity index (χ1) is 8.52. The molecule has 0 saturated carbocycles. The number of carboxylic acids is 1. The van der Waals surface area contributed by atoms with Gasteiger partial charge in [-0.15, -0.1) is 5.10 Å². The minimum absolute atomic E-state index is 0.0180. The standard InChI is InChI=1S/C9H9N3O5S/c1-17-7(15)2-3-10-12-9-11-8(16)5(18-9)4-6(13)14/h3-4H,2H2,1H3,(H,13,14)(H,11,12,16)/b5-4-,10-3?. The fraction of sp³-hybridized carbons (Fsp3) is 0.222. The van der Waals surface area contributed by atoms with Gasteiger partial charge in [-0.3, -0.25) is 14.9 Å². The van der Waals surface area contributed by atoms with Gasteiger partial charge in [0.05, 0.1) is 18.4 Å². The van der Waals surface area contributed by atoms with E-state index in [1.54, 1.807) is 0 Å². The predicted molar refractivity (Wildman–Crippen MR) is 64.0 cm³/mol. The van der Waals surface area contributed by atoms with Crippen molar-refractivity contribution in [3.05, 3.63) is 11.0 Å². The van der Waals surface area contributed by atoms with E-state index in [1.807, 2.05) is 0 Å². The second-order valence-corrected chi connectivity index (χ2v) is 3.92. The zero-order valence-corrected chi connectivity index (χ0v) is 10.1. The molecule has 0 radical (unpaired) electrons. The number of hydrogen-bond donors (Lipinski definition) is 2. The monoisotopic (exact) mass is 271 g/mol. The lowest BCUT2D eigenvalue weighted by Gasteiger charge is -1.90. The predicted octanol–water partition coefficient (Wildman–Crippen LogP) is -0.277. The van der Waals surface area contributed by atoms with Gasteiger partial charge in [-0.25, -0.2) is 4.79 Å². The number of carbonyl (C=O) groups excluding carboxylic acids is 2. The van der Waals surface area contributed by atoms with Crippen LogP contribution in [0.2, 0.25) is 0 Å². The van der Waals surface area contributed by atoms with Crippen molar-refractivity contribution in [3.8, 4) is 0 Å². The van der Waals surface area contributed by atoms with Crippen molar-refractivity contribution in [2.24, 2.45) is 10.2 Å². The van der Waals surface area contributed by atoms with E-state index in [1.165, 1.54) is 13.3 Å². The summed E-state index contributed by atoms with van der Waals surface area (Å²) in [4.78, 5) is 32.4. The summed E-state index contributed by atoms with van der Waals surface area (Å²) >= 11 is 0.851. The first-order valence-electron chi connectivity index (χ1n) is 4.63. The Kier molecular flexibility index (Phi) is 5.06. The molecule has 9 heteroatoms. The number of aliphatic carboxylic acids is 1. The third-order valence-electron chi connectivity index (χ3n) is 1.62. The summed E-state index contributed by atoms with van der Waals surface area (Å²) < 4.78 is 4.37. The summed E-state index contributed by atoms with van der Waals surface area (Å²) in [6.45, 7) is 0. The van der Waals surface area contributed by atoms with Crippen LogP contribution in [0.15, 0.2) is 21.2 Å². The Balaban J connectivity index is 2.58. The summed E-state index contributed by atoms with van der Waals surface area (Å²) in [5, 5.41) is 18.1. The number of hydrogen-bond acceptors (Lipinski definition) is 7. The Morgan fingerprint density at radius 1 is 1.56 bits per heavy atom. The van der Waals surface area contributed by atoms with E-state index in [4.69, 9.17) is 5.11 Å². The number of ether oxygens (including phenoxy) is 1. The number of esters is 1. The highest BCUT2D eigenvalue weighted by Crippen LogP contribution is 2.23. The largest absolute Gasteiger partial charge is 0.478 e. The fourth-order valence-corrected chi connectivity index (χ4v) is 1.62. The molecule has 1 aliphatic rings. The van der Waals surface area contributed by atoms with Crippen molar-refractivity contribution in [1.29, 1.82) is 0 Å². The molecule has 96 valence electrons. The molecule has 1 saturated heterocycles. The zero-order chi connectivity index (χ0) is 13.5. The van der Waals surface area contributed by atoms with Crippen LogP contribution in [0, 0.1) is 0 Å². The second-order valence-electron chi connectivity index (χ2n) is 2.89. The Morgan fingerprint density at radius 2 is 2.28 bits per heavy atom. The molecule has 0 unspecified atom stereocenters. The van der Waals surface area contributed by atoms with Crippen molar-refractivity contribution < 1.29 is 24.2 Å². The molecular formula is C9H9N3O5S. The topological polar surface area (TPSA) is 117 Å². The Bertz CT molecular complexity index is 469. The van der Waals surface area contributed by atoms with Crippen LogP contribution in [0.25, 0.3) is 0 Å². The maximum atomic E-state index is 11.2. The second kappa shape index (κ2) is 6.55. The average molecular weight is 271 g/mol. The smallest absolute Gasteiger partial charge is 0.329 e. The van der Waals surface area contributed by atoms with Crippen LogP contribution in [-0.2, 0) is 19.1 Å². The van der Waals surface area contributed by atoms with Gasteiger partial charge in [-0.1, -0.05) is 0 Å². The summed E-state index contributed by atoms with van der Waals surface area (Å²) in [5.41, 5.74) is 0. The molecule has 0 atom stereocenters. The molecular weight excluding hydrogens is 262 g/mol. The Labute approximate surface area is 106 Å². The number of amides is 1. The molecule has 1 heterocycles. The van der Waals surface area contributed by atoms with Gasteiger partial charge in [-0.2, -0.15) is 5.10 Å². The van der Waals surface area contributed by atoms with Crippen molar-refractivity contribution in [3.63, 3.8) is 0 Å². The number of carbonyl (C=O) groups is 3. The molecule has 8 nitrogen and oxygen atoms in total. The van der Waals surface area contributed by atoms with Crippen molar-refractivity contribution >= 4 is 41.0 Å². The lowest BCUT2D eigenvalue weighted by Crippen LogP contribution is -2.19. The molecule has 2 N–H and O–H groups in total. The van der Waals surface area contributed by atoms with Gasteiger partial charge in [-0.05, 0) is 11.8 Å². The molecule has 1 aliphatic heterocycles. The van der Waals surface area contributed by atoms with E-state index in [-0.39, 0.29) is 16.5 Å². The first-order valence-corrected chi connectivity index (χ1v) is 5.44. The number of thioether (sulfide) groups is 1. The van der Waals surface area contributed by atoms with Gasteiger partial charge < -0.3 is 9.84 Å². The van der Waals surface area contributed by atoms with E-state index in [0.29, 0.717) is 0 Å². The first kappa shape index (κ1) is 13.9. The van der Waals surface area contributed by atoms with Crippen LogP contribution in [-0.4, -0.2) is 41.4 Å². The molecule has 0 aromatic heterocycles. The maximum Gasteiger partial charge on any atom is 0.329 e. The van der Waals surface area contributed by atoms with Gasteiger partial charge in [0, 0.05) is 12.3 Å². The minimum Gasteiger partial charge on any atom is -0.478 e. The summed E-state index contributed by atoms with van der Waals surface area (Å²) in [6.07, 6.45) is 1.95. The molecule has 1 fully saturated rings. The van der Waals surface area contributed by atoms with Gasteiger partial charge in [0.2, 0.25) is 0 Å². The molecule has 0 aromatic carbocycles. The summed E-state index contributed by atoms with van der Waals surface area (Å²) in [5.74, 6) is -2.24. The van der Waals surface area contributed by atoms with Crippen LogP contribution in [0.1, 0.15) is 6.42 Å². The van der Waals surface area contributed by atoms with E-state index >= 15 is 0 Å². The minimum atomic E-state index is -1.22. The van der Waals surface area contributed by atoms with Gasteiger partial charge in [0.1, 0.15) is 0 Å². The van der Waals surface area contributed by atoms with Crippen molar-refractivity contribution in [1.82, 2.24) is 5.32 Å². The van der Waals surface area contributed by atoms with E-state index in [9.17, 15) is 14.4 Å². The normalized spacial score (nSPS) is 19.5. The van der Waals surface area contributed by atoms with Crippen LogP contribution in [0.5, 0.6) is 0 Å². The molecule has 1 amide bonds. The van der Waals surface area contributed by atoms with Crippen LogP contribution < -0.4 is 5.32 Å². The van der Waals surface area contributed by atoms with Crippen LogP contribution in [0.4, 0.5) is 0 Å². The lowest BCUT2D eigenvalue weighted by atomic mass is 10.5. The average Bonchev–Trinajstić information content (AvgIpc) is 2.64. The molecule has 1 rings (SSSR count). The number of carboxylic acid groups (broad SMARTS) is 1. The maximum absolute atomic E-state index is 11.2. The van der Waals surface area contributed by atoms with Crippen molar-refractivity contribution in [2.45, 2.75) is 6.42 Å². The van der Waals surface area contributed by atoms with Crippen LogP contribution in [0.3, 0.4) is 0 Å². The van der Waals surface area contributed by atoms with Gasteiger partial charge >= 0.3 is 11.9 Å². The molecule has 0 spiro atoms. The van der Waals surface area contributed by atoms with E-state index in [0.717, 1.165) is 17.8 Å². The number of methoxy groups -OCH3 is 1. The Morgan fingerprint density at radius 3 is 2.89 bits per heavy atom. The highest BCUT2D eigenvalue weighted by Gasteiger charge is 2.24. The summed E-state index contributed by atoms with van der Waals surface area (Å²) in [7, 11) is 1.25. The Hall–Kier alpha value is -2.16. The SMILES string of the molecule is COC(=O)CC=N/N=C1/NC(=O)/C(=C/C(=O)O)S1. The number of nitrogens with one attached hydrogen (secondary N) is 1. The number of rotatable bonds is 4. The number of nitrogens with zero attached hydrogens (tertiary/aromatic N) is 2. The summed E-state index contributed by atoms with van der Waals surface area (Å²) in [6, 6.07) is 0. The van der Waals surface area contributed by atoms with Gasteiger partial charge in [0.15, 0.2) is 5.17 Å². The molecule has 18 heavy (non-hydrogen) atoms. The highest BCUT2D eigenvalue weighted by atomic mass is 32.2. The number of amidine groups is 1. The van der Waals surface area contributed by atoms with Crippen molar-refractivity contribution in [2.75, 3.05) is 7.11 Å². The zero-order valence-electron chi connectivity index (χ0n) is 9.24. The fourth-order valence-electron chi connectivity index (χ4n) is 0.879. The molecule has 0 aliphatic carbocycles. The third kappa shape index (κ3) is 4.37. The molecule has 0 bridgehead atoms. The van der Waals surface area contributed by atoms with Crippen LogP contribution >= 0.6 is 11.8 Å². The highest BCUT2D eigenvalue weighted by molar-refractivity contribution is 8.18. The van der Waals surface area contributed by atoms with E-state index in [2.05, 4.69) is 20.3 Å². The molecule has 0 aromatic rings. The third-order valence-corrected chi connectivity index (χ3v) is 2.52. The van der Waals surface area contributed by atoms with Gasteiger partial charge in [0.25, 0.3) is 5.91 Å². The lowest BCUT2D eigenvalue weighted by molar-refractivity contribution is -0.139. The van der Waals surface area contributed by atoms with E-state index < -0.39 is 17.8 Å². The quantitative estimate of drug-likeness (QED) is 0.314.